The Labute approximate surface area is 106 Å². The van der Waals surface area contributed by atoms with Crippen LogP contribution in [0.1, 0.15) is 25.8 Å². The van der Waals surface area contributed by atoms with Gasteiger partial charge in [0.2, 0.25) is 0 Å². The summed E-state index contributed by atoms with van der Waals surface area (Å²) in [7, 11) is 0. The lowest BCUT2D eigenvalue weighted by molar-refractivity contribution is 0.0327. The van der Waals surface area contributed by atoms with Crippen LogP contribution in [-0.4, -0.2) is 18.3 Å². The third-order valence-electron chi connectivity index (χ3n) is 3.61. The highest BCUT2D eigenvalue weighted by atomic mass is 19.1. The Morgan fingerprint density at radius 1 is 1.33 bits per heavy atom. The predicted molar refractivity (Wildman–Crippen MR) is 68.0 cm³/mol. The summed E-state index contributed by atoms with van der Waals surface area (Å²) in [4.78, 5) is 0. The molecule has 96 valence electrons. The Hall–Kier alpha value is -1.35. The molecule has 18 heavy (non-hydrogen) atoms. The highest BCUT2D eigenvalue weighted by Gasteiger charge is 2.37. The van der Waals surface area contributed by atoms with Gasteiger partial charge in [0, 0.05) is 11.5 Å². The number of benzene rings is 1. The van der Waals surface area contributed by atoms with E-state index in [2.05, 4.69) is 13.8 Å². The molecule has 1 fully saturated rings. The molecule has 2 heterocycles. The molecule has 2 aliphatic heterocycles. The minimum Gasteiger partial charge on any atom is -0.485 e. The molecule has 3 heteroatoms. The van der Waals surface area contributed by atoms with Crippen LogP contribution < -0.4 is 4.74 Å². The van der Waals surface area contributed by atoms with E-state index >= 15 is 0 Å². The first-order valence-corrected chi connectivity index (χ1v) is 6.32. The minimum absolute atomic E-state index is 0.0322. The van der Waals surface area contributed by atoms with Gasteiger partial charge in [-0.1, -0.05) is 6.08 Å². The molecule has 1 saturated heterocycles. The largest absolute Gasteiger partial charge is 0.485 e. The van der Waals surface area contributed by atoms with Crippen molar-refractivity contribution >= 4 is 6.08 Å². The van der Waals surface area contributed by atoms with Gasteiger partial charge in [-0.2, -0.15) is 0 Å². The second-order valence-corrected chi connectivity index (χ2v) is 5.66. The van der Waals surface area contributed by atoms with Crippen molar-refractivity contribution < 1.29 is 13.9 Å². The maximum absolute atomic E-state index is 13.1. The van der Waals surface area contributed by atoms with Crippen molar-refractivity contribution in [2.75, 3.05) is 6.61 Å². The standard InChI is InChI=1S/C15H17FO2/c1-15(2)8-11(9-17-15)14-5-3-10-7-12(16)4-6-13(10)18-14/h3-7,11,14H,8-9H2,1-2H3. The van der Waals surface area contributed by atoms with Crippen molar-refractivity contribution in [2.24, 2.45) is 5.92 Å². The lowest BCUT2D eigenvalue weighted by Crippen LogP contribution is -2.28. The zero-order valence-electron chi connectivity index (χ0n) is 10.7. The molecule has 0 aromatic heterocycles. The van der Waals surface area contributed by atoms with Crippen molar-refractivity contribution in [3.8, 4) is 5.75 Å². The molecule has 0 bridgehead atoms. The average molecular weight is 248 g/mol. The smallest absolute Gasteiger partial charge is 0.127 e. The summed E-state index contributed by atoms with van der Waals surface area (Å²) in [6.45, 7) is 4.92. The van der Waals surface area contributed by atoms with Crippen molar-refractivity contribution in [3.63, 3.8) is 0 Å². The zero-order valence-corrected chi connectivity index (χ0v) is 10.7. The molecule has 0 N–H and O–H groups in total. The van der Waals surface area contributed by atoms with Crippen LogP contribution in [0.4, 0.5) is 4.39 Å². The fourth-order valence-electron chi connectivity index (χ4n) is 2.69. The second kappa shape index (κ2) is 4.09. The molecule has 2 nitrogen and oxygen atoms in total. The summed E-state index contributed by atoms with van der Waals surface area (Å²) in [5.74, 6) is 0.897. The fourth-order valence-corrected chi connectivity index (χ4v) is 2.69. The van der Waals surface area contributed by atoms with Crippen molar-refractivity contribution in [3.05, 3.63) is 35.7 Å². The van der Waals surface area contributed by atoms with Crippen LogP contribution in [0.2, 0.25) is 0 Å². The summed E-state index contributed by atoms with van der Waals surface area (Å²) >= 11 is 0. The summed E-state index contributed by atoms with van der Waals surface area (Å²) < 4.78 is 24.8. The van der Waals surface area contributed by atoms with E-state index in [1.54, 1.807) is 6.07 Å². The van der Waals surface area contributed by atoms with E-state index in [1.807, 2.05) is 12.2 Å². The number of fused-ring (bicyclic) bond motifs is 1. The maximum Gasteiger partial charge on any atom is 0.127 e. The molecule has 2 atom stereocenters. The number of ether oxygens (including phenoxy) is 2. The Morgan fingerprint density at radius 2 is 2.17 bits per heavy atom. The third-order valence-corrected chi connectivity index (χ3v) is 3.61. The van der Waals surface area contributed by atoms with Gasteiger partial charge in [0.05, 0.1) is 12.2 Å². The zero-order chi connectivity index (χ0) is 12.8. The van der Waals surface area contributed by atoms with E-state index < -0.39 is 0 Å². The molecule has 1 aromatic rings. The van der Waals surface area contributed by atoms with Gasteiger partial charge in [0.25, 0.3) is 0 Å². The molecular formula is C15H17FO2. The minimum atomic E-state index is -0.231. The third kappa shape index (κ3) is 2.15. The summed E-state index contributed by atoms with van der Waals surface area (Å²) in [6.07, 6.45) is 4.97. The molecule has 0 radical (unpaired) electrons. The normalized spacial score (nSPS) is 28.8. The quantitative estimate of drug-likeness (QED) is 0.758. The summed E-state index contributed by atoms with van der Waals surface area (Å²) in [5, 5.41) is 0. The topological polar surface area (TPSA) is 18.5 Å². The molecule has 0 saturated carbocycles. The maximum atomic E-state index is 13.1. The van der Waals surface area contributed by atoms with Crippen LogP contribution in [-0.2, 0) is 4.74 Å². The summed E-state index contributed by atoms with van der Waals surface area (Å²) in [5.41, 5.74) is 0.745. The second-order valence-electron chi connectivity index (χ2n) is 5.66. The van der Waals surface area contributed by atoms with Gasteiger partial charge in [-0.25, -0.2) is 4.39 Å². The highest BCUT2D eigenvalue weighted by molar-refractivity contribution is 5.60. The Kier molecular flexibility index (Phi) is 2.67. The van der Waals surface area contributed by atoms with E-state index in [0.717, 1.165) is 24.3 Å². The fraction of sp³-hybridized carbons (Fsp3) is 0.467. The van der Waals surface area contributed by atoms with Gasteiger partial charge in [-0.05, 0) is 44.5 Å². The van der Waals surface area contributed by atoms with E-state index in [4.69, 9.17) is 9.47 Å². The van der Waals surface area contributed by atoms with E-state index in [-0.39, 0.29) is 17.5 Å². The van der Waals surface area contributed by atoms with Gasteiger partial charge >= 0.3 is 0 Å². The molecular weight excluding hydrogens is 231 g/mol. The van der Waals surface area contributed by atoms with Gasteiger partial charge in [-0.15, -0.1) is 0 Å². The van der Waals surface area contributed by atoms with Crippen LogP contribution in [0.5, 0.6) is 5.75 Å². The number of hydrogen-bond donors (Lipinski definition) is 0. The van der Waals surface area contributed by atoms with Crippen LogP contribution in [0.3, 0.4) is 0 Å². The van der Waals surface area contributed by atoms with Crippen molar-refractivity contribution in [1.82, 2.24) is 0 Å². The van der Waals surface area contributed by atoms with Gasteiger partial charge in [-0.3, -0.25) is 0 Å². The van der Waals surface area contributed by atoms with Gasteiger partial charge in [0.15, 0.2) is 0 Å². The van der Waals surface area contributed by atoms with Crippen LogP contribution in [0.15, 0.2) is 24.3 Å². The first-order chi connectivity index (χ1) is 8.53. The van der Waals surface area contributed by atoms with Gasteiger partial charge < -0.3 is 9.47 Å². The monoisotopic (exact) mass is 248 g/mol. The molecule has 3 rings (SSSR count). The lowest BCUT2D eigenvalue weighted by atomic mass is 9.92. The average Bonchev–Trinajstić information content (AvgIpc) is 2.69. The lowest BCUT2D eigenvalue weighted by Gasteiger charge is -2.26. The molecule has 2 unspecified atom stereocenters. The summed E-state index contributed by atoms with van der Waals surface area (Å²) in [6, 6.07) is 4.63. The van der Waals surface area contributed by atoms with E-state index in [1.165, 1.54) is 12.1 Å². The van der Waals surface area contributed by atoms with Crippen molar-refractivity contribution in [1.29, 1.82) is 0 Å². The van der Waals surface area contributed by atoms with Crippen LogP contribution in [0.25, 0.3) is 6.08 Å². The molecule has 1 aromatic carbocycles. The Bertz CT molecular complexity index is 493. The first kappa shape index (κ1) is 11.7. The van der Waals surface area contributed by atoms with Crippen molar-refractivity contribution in [2.45, 2.75) is 32.0 Å². The van der Waals surface area contributed by atoms with Crippen LogP contribution in [0, 0.1) is 11.7 Å². The molecule has 0 spiro atoms. The number of halogens is 1. The molecule has 0 aliphatic carbocycles. The Morgan fingerprint density at radius 3 is 2.89 bits per heavy atom. The first-order valence-electron chi connectivity index (χ1n) is 6.32. The van der Waals surface area contributed by atoms with Gasteiger partial charge in [0.1, 0.15) is 17.7 Å². The number of rotatable bonds is 1. The predicted octanol–water partition coefficient (Wildman–Crippen LogP) is 3.42. The SMILES string of the molecule is CC1(C)CC(C2C=Cc3cc(F)ccc3O2)CO1. The molecule has 2 aliphatic rings. The van der Waals surface area contributed by atoms with E-state index in [0.29, 0.717) is 5.92 Å². The highest BCUT2D eigenvalue weighted by Crippen LogP contribution is 2.36. The van der Waals surface area contributed by atoms with Crippen LogP contribution >= 0.6 is 0 Å². The Balaban J connectivity index is 1.78. The van der Waals surface area contributed by atoms with E-state index in [9.17, 15) is 4.39 Å². The molecule has 0 amide bonds. The number of hydrogen-bond acceptors (Lipinski definition) is 2.